The average molecular weight is 246 g/mol. The summed E-state index contributed by atoms with van der Waals surface area (Å²) in [7, 11) is 0. The summed E-state index contributed by atoms with van der Waals surface area (Å²) < 4.78 is 0. The zero-order valence-corrected chi connectivity index (χ0v) is 11.5. The number of aryl methyl sites for hydroxylation is 3. The smallest absolute Gasteiger partial charge is 0.303 e. The van der Waals surface area contributed by atoms with Crippen LogP contribution in [-0.4, -0.2) is 11.1 Å². The monoisotopic (exact) mass is 246 g/mol. The third-order valence-electron chi connectivity index (χ3n) is 3.73. The van der Waals surface area contributed by atoms with Gasteiger partial charge in [-0.05, 0) is 53.4 Å². The highest BCUT2D eigenvalue weighted by Crippen LogP contribution is 2.33. The van der Waals surface area contributed by atoms with Gasteiger partial charge in [0.05, 0.1) is 0 Å². The van der Waals surface area contributed by atoms with Crippen LogP contribution in [0.4, 0.5) is 0 Å². The molecule has 0 saturated heterocycles. The summed E-state index contributed by atoms with van der Waals surface area (Å²) in [6, 6.07) is 4.57. The van der Waals surface area contributed by atoms with Crippen molar-refractivity contribution in [1.82, 2.24) is 0 Å². The Morgan fingerprint density at radius 1 is 1.22 bits per heavy atom. The van der Waals surface area contributed by atoms with E-state index in [1.54, 1.807) is 0 Å². The maximum atomic E-state index is 10.8. The third-order valence-corrected chi connectivity index (χ3v) is 3.73. The van der Waals surface area contributed by atoms with Gasteiger partial charge >= 0.3 is 5.97 Å². The summed E-state index contributed by atoms with van der Waals surface area (Å²) >= 11 is 0. The molecular weight excluding hydrogens is 224 g/mol. The van der Waals surface area contributed by atoms with E-state index in [2.05, 4.69) is 32.9 Å². The first-order chi connectivity index (χ1) is 8.38. The number of benzene rings is 1. The van der Waals surface area contributed by atoms with Crippen molar-refractivity contribution in [3.8, 4) is 0 Å². The number of hydrogen-bond donors (Lipinski definition) is 1. The van der Waals surface area contributed by atoms with E-state index >= 15 is 0 Å². The predicted octanol–water partition coefficient (Wildman–Crippen LogP) is 3.49. The van der Waals surface area contributed by atoms with Crippen LogP contribution in [0.3, 0.4) is 0 Å². The maximum absolute atomic E-state index is 10.8. The molecule has 0 unspecified atom stereocenters. The molecule has 1 aromatic carbocycles. The molecule has 0 atom stereocenters. The van der Waals surface area contributed by atoms with Gasteiger partial charge in [-0.15, -0.1) is 0 Å². The second-order valence-corrected chi connectivity index (χ2v) is 6.28. The van der Waals surface area contributed by atoms with E-state index in [-0.39, 0.29) is 11.8 Å². The van der Waals surface area contributed by atoms with Gasteiger partial charge in [0, 0.05) is 6.42 Å². The summed E-state index contributed by atoms with van der Waals surface area (Å²) in [5.41, 5.74) is 5.54. The Balaban J connectivity index is 2.38. The Kier molecular flexibility index (Phi) is 3.47. The standard InChI is InChI=1S/C16H22O2/c1-16(2,3)14-10-12-6-4-5-11(12)9-13(14)7-8-15(17)18/h9-10H,4-8H2,1-3H3,(H,17,18). The first-order valence-electron chi connectivity index (χ1n) is 6.75. The van der Waals surface area contributed by atoms with Crippen LogP contribution in [0, 0.1) is 0 Å². The van der Waals surface area contributed by atoms with Crippen molar-refractivity contribution in [2.24, 2.45) is 0 Å². The van der Waals surface area contributed by atoms with Crippen LogP contribution in [0.5, 0.6) is 0 Å². The number of rotatable bonds is 3. The molecule has 0 heterocycles. The van der Waals surface area contributed by atoms with E-state index in [9.17, 15) is 4.79 Å². The maximum Gasteiger partial charge on any atom is 0.303 e. The number of carbonyl (C=O) groups is 1. The van der Waals surface area contributed by atoms with Crippen LogP contribution in [0.15, 0.2) is 12.1 Å². The lowest BCUT2D eigenvalue weighted by Crippen LogP contribution is -2.16. The molecule has 2 rings (SSSR count). The van der Waals surface area contributed by atoms with Gasteiger partial charge in [-0.2, -0.15) is 0 Å². The molecule has 1 N–H and O–H groups in total. The van der Waals surface area contributed by atoms with E-state index in [0.717, 1.165) is 6.42 Å². The van der Waals surface area contributed by atoms with Gasteiger partial charge in [0.25, 0.3) is 0 Å². The fraction of sp³-hybridized carbons (Fsp3) is 0.562. The van der Waals surface area contributed by atoms with Gasteiger partial charge in [-0.1, -0.05) is 32.9 Å². The van der Waals surface area contributed by atoms with Crippen LogP contribution < -0.4 is 0 Å². The Morgan fingerprint density at radius 2 is 1.83 bits per heavy atom. The fourth-order valence-corrected chi connectivity index (χ4v) is 2.82. The van der Waals surface area contributed by atoms with Gasteiger partial charge in [-0.25, -0.2) is 0 Å². The summed E-state index contributed by atoms with van der Waals surface area (Å²) in [5.74, 6) is -0.713. The van der Waals surface area contributed by atoms with Crippen LogP contribution >= 0.6 is 0 Å². The molecule has 0 fully saturated rings. The van der Waals surface area contributed by atoms with Crippen molar-refractivity contribution >= 4 is 5.97 Å². The van der Waals surface area contributed by atoms with Crippen molar-refractivity contribution < 1.29 is 9.90 Å². The topological polar surface area (TPSA) is 37.3 Å². The van der Waals surface area contributed by atoms with Crippen LogP contribution in [0.1, 0.15) is 55.9 Å². The second kappa shape index (κ2) is 4.75. The zero-order valence-electron chi connectivity index (χ0n) is 11.5. The number of aliphatic carboxylic acids is 1. The minimum atomic E-state index is -0.713. The molecule has 0 amide bonds. The molecule has 1 aromatic rings. The van der Waals surface area contributed by atoms with Crippen LogP contribution in [0.25, 0.3) is 0 Å². The van der Waals surface area contributed by atoms with E-state index in [0.29, 0.717) is 6.42 Å². The second-order valence-electron chi connectivity index (χ2n) is 6.28. The lowest BCUT2D eigenvalue weighted by Gasteiger charge is -2.24. The molecule has 0 bridgehead atoms. The van der Waals surface area contributed by atoms with Crippen molar-refractivity contribution in [2.45, 2.75) is 58.3 Å². The summed E-state index contributed by atoms with van der Waals surface area (Å²) in [6.45, 7) is 6.61. The van der Waals surface area contributed by atoms with E-state index < -0.39 is 5.97 Å². The highest BCUT2D eigenvalue weighted by molar-refractivity contribution is 5.67. The third kappa shape index (κ3) is 2.74. The minimum Gasteiger partial charge on any atom is -0.481 e. The minimum absolute atomic E-state index is 0.0887. The first kappa shape index (κ1) is 13.1. The molecular formula is C16H22O2. The van der Waals surface area contributed by atoms with Gasteiger partial charge in [0.1, 0.15) is 0 Å². The fourth-order valence-electron chi connectivity index (χ4n) is 2.82. The van der Waals surface area contributed by atoms with Gasteiger partial charge in [-0.3, -0.25) is 4.79 Å². The Bertz CT molecular complexity index is 467. The number of carboxylic acid groups (broad SMARTS) is 1. The Labute approximate surface area is 109 Å². The predicted molar refractivity (Wildman–Crippen MR) is 73.1 cm³/mol. The molecule has 18 heavy (non-hydrogen) atoms. The van der Waals surface area contributed by atoms with E-state index in [1.807, 2.05) is 0 Å². The Morgan fingerprint density at radius 3 is 2.39 bits per heavy atom. The molecule has 1 aliphatic carbocycles. The van der Waals surface area contributed by atoms with Crippen molar-refractivity contribution in [3.63, 3.8) is 0 Å². The largest absolute Gasteiger partial charge is 0.481 e. The van der Waals surface area contributed by atoms with E-state index in [4.69, 9.17) is 5.11 Å². The summed E-state index contributed by atoms with van der Waals surface area (Å²) in [5, 5.41) is 8.86. The highest BCUT2D eigenvalue weighted by atomic mass is 16.4. The molecule has 1 aliphatic rings. The van der Waals surface area contributed by atoms with Gasteiger partial charge < -0.3 is 5.11 Å². The molecule has 0 aliphatic heterocycles. The van der Waals surface area contributed by atoms with Gasteiger partial charge in [0.2, 0.25) is 0 Å². The Hall–Kier alpha value is -1.31. The summed E-state index contributed by atoms with van der Waals surface area (Å²) in [6.07, 6.45) is 4.44. The zero-order chi connectivity index (χ0) is 13.3. The molecule has 98 valence electrons. The van der Waals surface area contributed by atoms with Crippen molar-refractivity contribution in [3.05, 3.63) is 34.4 Å². The number of hydrogen-bond acceptors (Lipinski definition) is 1. The summed E-state index contributed by atoms with van der Waals surface area (Å²) in [4.78, 5) is 10.8. The lowest BCUT2D eigenvalue weighted by molar-refractivity contribution is -0.136. The number of carboxylic acids is 1. The normalized spacial score (nSPS) is 14.6. The lowest BCUT2D eigenvalue weighted by atomic mass is 9.81. The number of fused-ring (bicyclic) bond motifs is 1. The van der Waals surface area contributed by atoms with Crippen LogP contribution in [0.2, 0.25) is 0 Å². The SMILES string of the molecule is CC(C)(C)c1cc2c(cc1CCC(=O)O)CCC2. The molecule has 0 aromatic heterocycles. The van der Waals surface area contributed by atoms with Crippen LogP contribution in [-0.2, 0) is 29.5 Å². The average Bonchev–Trinajstić information content (AvgIpc) is 2.70. The molecule has 0 saturated carbocycles. The molecule has 0 radical (unpaired) electrons. The highest BCUT2D eigenvalue weighted by Gasteiger charge is 2.22. The van der Waals surface area contributed by atoms with Gasteiger partial charge in [0.15, 0.2) is 0 Å². The first-order valence-corrected chi connectivity index (χ1v) is 6.75. The van der Waals surface area contributed by atoms with Crippen molar-refractivity contribution in [1.29, 1.82) is 0 Å². The molecule has 0 spiro atoms. The van der Waals surface area contributed by atoms with Crippen molar-refractivity contribution in [2.75, 3.05) is 0 Å². The molecule has 2 nitrogen and oxygen atoms in total. The molecule has 2 heteroatoms. The van der Waals surface area contributed by atoms with E-state index in [1.165, 1.54) is 35.1 Å². The quantitative estimate of drug-likeness (QED) is 0.886.